The van der Waals surface area contributed by atoms with Crippen LogP contribution in [0, 0.1) is 0 Å². The normalized spacial score (nSPS) is 10.3. The number of amides is 1. The highest BCUT2D eigenvalue weighted by atomic mass is 16.5. The fourth-order valence-corrected chi connectivity index (χ4v) is 2.65. The lowest BCUT2D eigenvalue weighted by atomic mass is 10.1. The first kappa shape index (κ1) is 17.5. The summed E-state index contributed by atoms with van der Waals surface area (Å²) >= 11 is 0. The molecule has 4 heteroatoms. The number of para-hydroxylation sites is 2. The summed E-state index contributed by atoms with van der Waals surface area (Å²) in [5.74, 6) is 0.194. The Morgan fingerprint density at radius 1 is 0.769 bits per heavy atom. The van der Waals surface area contributed by atoms with Crippen molar-refractivity contribution in [2.45, 2.75) is 13.1 Å². The molecule has 0 spiro atoms. The maximum Gasteiger partial charge on any atom is 0.261 e. The molecule has 26 heavy (non-hydrogen) atoms. The second kappa shape index (κ2) is 8.72. The summed E-state index contributed by atoms with van der Waals surface area (Å²) in [4.78, 5) is 14.5. The Bertz CT molecular complexity index is 793. The molecular formula is C22H21NO3. The van der Waals surface area contributed by atoms with Gasteiger partial charge in [-0.05, 0) is 23.3 Å². The number of nitrogens with zero attached hydrogens (tertiary/aromatic N) is 1. The Kier molecular flexibility index (Phi) is 5.88. The average molecular weight is 347 g/mol. The van der Waals surface area contributed by atoms with Crippen LogP contribution in [0.25, 0.3) is 0 Å². The van der Waals surface area contributed by atoms with Crippen LogP contribution in [0.5, 0.6) is 11.5 Å². The van der Waals surface area contributed by atoms with Crippen molar-refractivity contribution in [3.05, 3.63) is 96.1 Å². The van der Waals surface area contributed by atoms with E-state index >= 15 is 0 Å². The van der Waals surface area contributed by atoms with E-state index in [0.717, 1.165) is 11.1 Å². The first-order chi connectivity index (χ1) is 12.7. The topological polar surface area (TPSA) is 49.8 Å². The van der Waals surface area contributed by atoms with Crippen molar-refractivity contribution < 1.29 is 14.6 Å². The SMILES string of the molecule is O=C(COc1ccccc1O)N(Cc1ccccc1)Cc1ccccc1. The Morgan fingerprint density at radius 3 is 1.81 bits per heavy atom. The number of rotatable bonds is 7. The minimum atomic E-state index is -0.138. The number of benzene rings is 3. The molecule has 0 atom stereocenters. The van der Waals surface area contributed by atoms with Crippen molar-refractivity contribution in [2.75, 3.05) is 6.61 Å². The van der Waals surface area contributed by atoms with Crippen molar-refractivity contribution in [3.8, 4) is 11.5 Å². The molecule has 0 heterocycles. The zero-order chi connectivity index (χ0) is 18.2. The zero-order valence-corrected chi connectivity index (χ0v) is 14.4. The number of carbonyl (C=O) groups is 1. The third kappa shape index (κ3) is 4.86. The molecule has 0 aliphatic carbocycles. The van der Waals surface area contributed by atoms with Gasteiger partial charge in [0.1, 0.15) is 0 Å². The quantitative estimate of drug-likeness (QED) is 0.703. The van der Waals surface area contributed by atoms with Crippen molar-refractivity contribution in [1.82, 2.24) is 4.90 Å². The molecule has 0 aliphatic heterocycles. The molecule has 0 aromatic heterocycles. The van der Waals surface area contributed by atoms with Gasteiger partial charge in [0.25, 0.3) is 5.91 Å². The van der Waals surface area contributed by atoms with Gasteiger partial charge in [0.05, 0.1) is 0 Å². The molecule has 3 aromatic rings. The Balaban J connectivity index is 1.71. The van der Waals surface area contributed by atoms with Gasteiger partial charge in [-0.15, -0.1) is 0 Å². The molecule has 3 aromatic carbocycles. The van der Waals surface area contributed by atoms with Gasteiger partial charge in [0, 0.05) is 13.1 Å². The standard InChI is InChI=1S/C22H21NO3/c24-20-13-7-8-14-21(20)26-17-22(25)23(15-18-9-3-1-4-10-18)16-19-11-5-2-6-12-19/h1-14,24H,15-17H2. The van der Waals surface area contributed by atoms with Gasteiger partial charge in [-0.2, -0.15) is 0 Å². The van der Waals surface area contributed by atoms with Crippen LogP contribution in [-0.2, 0) is 17.9 Å². The predicted octanol–water partition coefficient (Wildman–Crippen LogP) is 4.00. The van der Waals surface area contributed by atoms with E-state index in [1.807, 2.05) is 60.7 Å². The molecule has 0 saturated carbocycles. The number of carbonyl (C=O) groups excluding carboxylic acids is 1. The van der Waals surface area contributed by atoms with Crippen LogP contribution in [0.15, 0.2) is 84.9 Å². The third-order valence-corrected chi connectivity index (χ3v) is 4.00. The fourth-order valence-electron chi connectivity index (χ4n) is 2.65. The molecule has 0 aliphatic rings. The number of phenols is 1. The van der Waals surface area contributed by atoms with Crippen LogP contribution in [0.2, 0.25) is 0 Å². The van der Waals surface area contributed by atoms with Gasteiger partial charge in [0.2, 0.25) is 0 Å². The second-order valence-corrected chi connectivity index (χ2v) is 5.98. The molecule has 0 saturated heterocycles. The summed E-state index contributed by atoms with van der Waals surface area (Å²) in [7, 11) is 0. The first-order valence-corrected chi connectivity index (χ1v) is 8.49. The van der Waals surface area contributed by atoms with Gasteiger partial charge in [-0.1, -0.05) is 72.8 Å². The van der Waals surface area contributed by atoms with Crippen LogP contribution in [0.3, 0.4) is 0 Å². The van der Waals surface area contributed by atoms with Crippen LogP contribution in [-0.4, -0.2) is 22.5 Å². The van der Waals surface area contributed by atoms with E-state index in [2.05, 4.69) is 0 Å². The first-order valence-electron chi connectivity index (χ1n) is 8.49. The maximum absolute atomic E-state index is 12.8. The van der Waals surface area contributed by atoms with Crippen molar-refractivity contribution in [2.24, 2.45) is 0 Å². The van der Waals surface area contributed by atoms with Gasteiger partial charge < -0.3 is 14.7 Å². The van der Waals surface area contributed by atoms with Gasteiger partial charge in [-0.3, -0.25) is 4.79 Å². The van der Waals surface area contributed by atoms with Crippen LogP contribution in [0.1, 0.15) is 11.1 Å². The number of phenolic OH excluding ortho intramolecular Hbond substituents is 1. The summed E-state index contributed by atoms with van der Waals surface area (Å²) in [6.45, 7) is 0.870. The number of hydrogen-bond acceptors (Lipinski definition) is 3. The van der Waals surface area contributed by atoms with E-state index < -0.39 is 0 Å². The smallest absolute Gasteiger partial charge is 0.261 e. The van der Waals surface area contributed by atoms with E-state index in [9.17, 15) is 9.90 Å². The van der Waals surface area contributed by atoms with E-state index in [-0.39, 0.29) is 18.3 Å². The summed E-state index contributed by atoms with van der Waals surface area (Å²) in [5.41, 5.74) is 2.11. The lowest BCUT2D eigenvalue weighted by Gasteiger charge is -2.23. The molecule has 1 amide bonds. The van der Waals surface area contributed by atoms with Gasteiger partial charge in [-0.25, -0.2) is 0 Å². The Labute approximate surface area is 153 Å². The van der Waals surface area contributed by atoms with Crippen molar-refractivity contribution in [1.29, 1.82) is 0 Å². The van der Waals surface area contributed by atoms with E-state index in [1.165, 1.54) is 6.07 Å². The summed E-state index contributed by atoms with van der Waals surface area (Å²) in [6, 6.07) is 26.4. The van der Waals surface area contributed by atoms with E-state index in [1.54, 1.807) is 23.1 Å². The van der Waals surface area contributed by atoms with Crippen molar-refractivity contribution >= 4 is 5.91 Å². The van der Waals surface area contributed by atoms with Gasteiger partial charge >= 0.3 is 0 Å². The fraction of sp³-hybridized carbons (Fsp3) is 0.136. The second-order valence-electron chi connectivity index (χ2n) is 5.98. The highest BCUT2D eigenvalue weighted by Crippen LogP contribution is 2.24. The van der Waals surface area contributed by atoms with E-state index in [4.69, 9.17) is 4.74 Å². The summed E-state index contributed by atoms with van der Waals surface area (Å²) in [5, 5.41) is 9.78. The van der Waals surface area contributed by atoms with Crippen LogP contribution in [0.4, 0.5) is 0 Å². The Morgan fingerprint density at radius 2 is 1.27 bits per heavy atom. The van der Waals surface area contributed by atoms with Crippen LogP contribution < -0.4 is 4.74 Å². The van der Waals surface area contributed by atoms with Crippen LogP contribution >= 0.6 is 0 Å². The number of aromatic hydroxyl groups is 1. The zero-order valence-electron chi connectivity index (χ0n) is 14.4. The Hall–Kier alpha value is -3.27. The lowest BCUT2D eigenvalue weighted by molar-refractivity contribution is -0.134. The average Bonchev–Trinajstić information content (AvgIpc) is 2.68. The van der Waals surface area contributed by atoms with Crippen molar-refractivity contribution in [3.63, 3.8) is 0 Å². The monoisotopic (exact) mass is 347 g/mol. The maximum atomic E-state index is 12.8. The van der Waals surface area contributed by atoms with Gasteiger partial charge in [0.15, 0.2) is 18.1 Å². The lowest BCUT2D eigenvalue weighted by Crippen LogP contribution is -2.34. The minimum Gasteiger partial charge on any atom is -0.504 e. The highest BCUT2D eigenvalue weighted by Gasteiger charge is 2.16. The number of ether oxygens (including phenoxy) is 1. The molecule has 0 radical (unpaired) electrons. The number of hydrogen-bond donors (Lipinski definition) is 1. The molecule has 132 valence electrons. The molecule has 1 N–H and O–H groups in total. The molecular weight excluding hydrogens is 326 g/mol. The van der Waals surface area contributed by atoms with E-state index in [0.29, 0.717) is 18.8 Å². The largest absolute Gasteiger partial charge is 0.504 e. The molecule has 0 fully saturated rings. The molecule has 0 bridgehead atoms. The molecule has 3 rings (SSSR count). The summed E-state index contributed by atoms with van der Waals surface area (Å²) < 4.78 is 5.51. The highest BCUT2D eigenvalue weighted by molar-refractivity contribution is 5.78. The molecule has 0 unspecified atom stereocenters. The minimum absolute atomic E-state index is 0.0259. The predicted molar refractivity (Wildman–Crippen MR) is 101 cm³/mol. The third-order valence-electron chi connectivity index (χ3n) is 4.00. The summed E-state index contributed by atoms with van der Waals surface area (Å²) in [6.07, 6.45) is 0. The molecule has 4 nitrogen and oxygen atoms in total.